The van der Waals surface area contributed by atoms with Crippen molar-refractivity contribution in [2.24, 2.45) is 10.9 Å². The third-order valence-electron chi connectivity index (χ3n) is 6.90. The second kappa shape index (κ2) is 10.2. The predicted molar refractivity (Wildman–Crippen MR) is 132 cm³/mol. The number of anilines is 1. The van der Waals surface area contributed by atoms with E-state index < -0.39 is 6.17 Å². The van der Waals surface area contributed by atoms with Gasteiger partial charge in [-0.05, 0) is 51.1 Å². The fourth-order valence-corrected chi connectivity index (χ4v) is 4.98. The molecule has 2 heterocycles. The molecule has 2 aliphatic heterocycles. The number of carbonyl (C=O) groups excluding carboxylic acids is 1. The molecule has 1 aliphatic carbocycles. The minimum atomic E-state index is -0.798. The van der Waals surface area contributed by atoms with Gasteiger partial charge in [-0.2, -0.15) is 0 Å². The number of benzodiazepines with no additional fused rings is 1. The third-order valence-corrected chi connectivity index (χ3v) is 6.90. The second-order valence-corrected chi connectivity index (χ2v) is 9.47. The van der Waals surface area contributed by atoms with Crippen molar-refractivity contribution in [2.75, 3.05) is 31.1 Å². The van der Waals surface area contributed by atoms with Crippen molar-refractivity contribution in [2.45, 2.75) is 51.2 Å². The molecule has 1 saturated heterocycles. The largest absolute Gasteiger partial charge is 0.309 e. The fourth-order valence-electron chi connectivity index (χ4n) is 4.98. The highest BCUT2D eigenvalue weighted by Gasteiger charge is 2.33. The quantitative estimate of drug-likeness (QED) is 0.664. The molecule has 1 saturated carbocycles. The molecule has 1 radical (unpaired) electrons. The summed E-state index contributed by atoms with van der Waals surface area (Å²) in [6.45, 7) is 5.96. The topological polar surface area (TPSA) is 62.0 Å². The summed E-state index contributed by atoms with van der Waals surface area (Å²) < 4.78 is 0. The van der Waals surface area contributed by atoms with Gasteiger partial charge < -0.3 is 9.80 Å². The highest BCUT2D eigenvalue weighted by Crippen LogP contribution is 2.31. The van der Waals surface area contributed by atoms with E-state index in [1.54, 1.807) is 0 Å². The van der Waals surface area contributed by atoms with Crippen molar-refractivity contribution in [1.29, 1.82) is 0 Å². The van der Waals surface area contributed by atoms with Gasteiger partial charge in [0.25, 0.3) is 5.91 Å². The smallest absolute Gasteiger partial charge is 0.269 e. The number of fused-ring (bicyclic) bond motifs is 1. The number of nitrogens with one attached hydrogen (secondary N) is 1. The van der Waals surface area contributed by atoms with Gasteiger partial charge in [0.15, 0.2) is 0 Å². The maximum atomic E-state index is 13.5. The lowest BCUT2D eigenvalue weighted by Crippen LogP contribution is -2.51. The van der Waals surface area contributed by atoms with E-state index in [0.717, 1.165) is 41.4 Å². The predicted octanol–water partition coefficient (Wildman–Crippen LogP) is 3.59. The van der Waals surface area contributed by atoms with Crippen LogP contribution in [-0.4, -0.2) is 54.9 Å². The molecule has 1 N–H and O–H groups in total. The molecule has 33 heavy (non-hydrogen) atoms. The summed E-state index contributed by atoms with van der Waals surface area (Å²) in [5.74, 6) is 0.811. The highest BCUT2D eigenvalue weighted by molar-refractivity contribution is 6.20. The number of para-hydroxylation sites is 1. The van der Waals surface area contributed by atoms with Gasteiger partial charge in [0.1, 0.15) is 0 Å². The summed E-state index contributed by atoms with van der Waals surface area (Å²) in [6, 6.07) is 18.4. The summed E-state index contributed by atoms with van der Waals surface area (Å²) in [7, 11) is 0. The highest BCUT2D eigenvalue weighted by atomic mass is 16.2. The van der Waals surface area contributed by atoms with Gasteiger partial charge in [0.05, 0.1) is 11.4 Å². The van der Waals surface area contributed by atoms with Crippen LogP contribution in [0.3, 0.4) is 0 Å². The molecule has 2 unspecified atom stereocenters. The van der Waals surface area contributed by atoms with Crippen molar-refractivity contribution in [1.82, 2.24) is 15.8 Å². The maximum absolute atomic E-state index is 13.5. The first-order valence-electron chi connectivity index (χ1n) is 12.4. The molecular weight excluding hydrogens is 410 g/mol. The number of hydrogen-bond acceptors (Lipinski definition) is 4. The molecule has 0 spiro atoms. The van der Waals surface area contributed by atoms with Crippen LogP contribution in [0.1, 0.15) is 50.2 Å². The van der Waals surface area contributed by atoms with E-state index in [2.05, 4.69) is 10.3 Å². The maximum Gasteiger partial charge on any atom is 0.269 e. The average molecular weight is 445 g/mol. The zero-order valence-electron chi connectivity index (χ0n) is 19.5. The number of rotatable bonds is 7. The van der Waals surface area contributed by atoms with Gasteiger partial charge in [0.2, 0.25) is 6.17 Å². The fraction of sp³-hybridized carbons (Fsp3) is 0.481. The van der Waals surface area contributed by atoms with Crippen molar-refractivity contribution < 1.29 is 4.79 Å². The lowest BCUT2D eigenvalue weighted by atomic mass is 10.0. The number of aliphatic imine (C=N–C) groups is 1. The zero-order valence-corrected chi connectivity index (χ0v) is 19.5. The lowest BCUT2D eigenvalue weighted by Gasteiger charge is -2.26. The number of carbonyl (C=O) groups is 1. The van der Waals surface area contributed by atoms with Gasteiger partial charge in [0, 0.05) is 36.8 Å². The molecule has 2 aromatic rings. The summed E-state index contributed by atoms with van der Waals surface area (Å²) in [6.07, 6.45) is 5.46. The molecule has 173 valence electrons. The van der Waals surface area contributed by atoms with Gasteiger partial charge in [-0.1, -0.05) is 55.0 Å². The Morgan fingerprint density at radius 3 is 2.61 bits per heavy atom. The van der Waals surface area contributed by atoms with Crippen LogP contribution in [-0.2, 0) is 4.79 Å². The van der Waals surface area contributed by atoms with Crippen LogP contribution < -0.4 is 15.8 Å². The first-order chi connectivity index (χ1) is 16.2. The summed E-state index contributed by atoms with van der Waals surface area (Å²) >= 11 is 0. The van der Waals surface area contributed by atoms with Crippen molar-refractivity contribution in [3.8, 4) is 0 Å². The van der Waals surface area contributed by atoms with Crippen molar-refractivity contribution >= 4 is 17.3 Å². The normalized spacial score (nSPS) is 24.1. The van der Waals surface area contributed by atoms with E-state index in [-0.39, 0.29) is 11.9 Å². The number of amides is 1. The summed E-state index contributed by atoms with van der Waals surface area (Å²) in [5.41, 5.74) is 11.8. The van der Waals surface area contributed by atoms with Crippen molar-refractivity contribution in [3.05, 3.63) is 65.7 Å². The van der Waals surface area contributed by atoms with Crippen LogP contribution in [0.25, 0.3) is 0 Å². The number of hydrogen-bond donors (Lipinski definition) is 1. The second-order valence-electron chi connectivity index (χ2n) is 9.47. The lowest BCUT2D eigenvalue weighted by molar-refractivity contribution is -0.120. The third kappa shape index (κ3) is 5.18. The first kappa shape index (κ1) is 22.3. The van der Waals surface area contributed by atoms with E-state index in [1.807, 2.05) is 66.4 Å². The SMILES string of the molecule is CCN1C(=O)C([N]NC2CCCCN(CC3CC3)C2)N=C(c2ccccc2)c2ccccc21. The van der Waals surface area contributed by atoms with Crippen LogP contribution in [0.2, 0.25) is 0 Å². The molecular formula is C27H34N5O. The van der Waals surface area contributed by atoms with Gasteiger partial charge in [-0.25, -0.2) is 5.43 Å². The molecule has 2 aromatic carbocycles. The Kier molecular flexibility index (Phi) is 6.85. The van der Waals surface area contributed by atoms with Gasteiger partial charge in [-0.3, -0.25) is 9.79 Å². The van der Waals surface area contributed by atoms with Crippen LogP contribution in [0.5, 0.6) is 0 Å². The number of likely N-dealkylation sites (tertiary alicyclic amines) is 1. The van der Waals surface area contributed by atoms with Gasteiger partial charge >= 0.3 is 0 Å². The Bertz CT molecular complexity index is 987. The van der Waals surface area contributed by atoms with E-state index >= 15 is 0 Å². The first-order valence-corrected chi connectivity index (χ1v) is 12.4. The summed E-state index contributed by atoms with van der Waals surface area (Å²) in [5, 5.41) is 0. The zero-order chi connectivity index (χ0) is 22.6. The van der Waals surface area contributed by atoms with Gasteiger partial charge in [-0.15, -0.1) is 5.43 Å². The van der Waals surface area contributed by atoms with E-state index in [1.165, 1.54) is 38.8 Å². The molecule has 3 aliphatic rings. The molecule has 6 heteroatoms. The van der Waals surface area contributed by atoms with E-state index in [0.29, 0.717) is 6.54 Å². The van der Waals surface area contributed by atoms with Crippen LogP contribution in [0.15, 0.2) is 59.6 Å². The summed E-state index contributed by atoms with van der Waals surface area (Å²) in [4.78, 5) is 22.9. The van der Waals surface area contributed by atoms with Crippen LogP contribution >= 0.6 is 0 Å². The average Bonchev–Trinajstić information content (AvgIpc) is 3.69. The number of likely N-dealkylation sites (N-methyl/N-ethyl adjacent to an activating group) is 1. The van der Waals surface area contributed by atoms with E-state index in [4.69, 9.17) is 10.4 Å². The Balaban J connectivity index is 1.39. The van der Waals surface area contributed by atoms with Crippen LogP contribution in [0, 0.1) is 5.92 Å². The Morgan fingerprint density at radius 1 is 1.03 bits per heavy atom. The number of benzene rings is 2. The molecule has 0 bridgehead atoms. The standard InChI is InChI=1S/C27H34N5O/c1-2-32-24-14-7-6-13-23(24)25(21-10-4-3-5-11-21)28-26(27(32)33)30-29-22-12-8-9-17-31(19-22)18-20-15-16-20/h3-7,10-11,13-14,20,22,26,29H,2,8-9,12,15-19H2,1H3. The monoisotopic (exact) mass is 444 g/mol. The Hall–Kier alpha value is -2.54. The molecule has 0 aromatic heterocycles. The molecule has 2 atom stereocenters. The molecule has 5 rings (SSSR count). The Morgan fingerprint density at radius 2 is 1.82 bits per heavy atom. The number of nitrogens with zero attached hydrogens (tertiary/aromatic N) is 4. The minimum absolute atomic E-state index is 0.0770. The molecule has 2 fully saturated rings. The Labute approximate surface area is 197 Å². The van der Waals surface area contributed by atoms with Crippen LogP contribution in [0.4, 0.5) is 5.69 Å². The van der Waals surface area contributed by atoms with Crippen molar-refractivity contribution in [3.63, 3.8) is 0 Å². The molecule has 6 nitrogen and oxygen atoms in total. The van der Waals surface area contributed by atoms with E-state index in [9.17, 15) is 4.79 Å². The minimum Gasteiger partial charge on any atom is -0.309 e. The molecule has 1 amide bonds.